The molecule has 2 aromatic carbocycles. The Bertz CT molecular complexity index is 1840. The lowest BCUT2D eigenvalue weighted by molar-refractivity contribution is -0.169. The van der Waals surface area contributed by atoms with Crippen molar-refractivity contribution in [3.8, 4) is 35.5 Å². The molecule has 2 aromatic heterocycles. The van der Waals surface area contributed by atoms with E-state index in [4.69, 9.17) is 53.3 Å². The Morgan fingerprint density at radius 2 is 1.65 bits per heavy atom. The lowest BCUT2D eigenvalue weighted by Crippen LogP contribution is -2.33. The van der Waals surface area contributed by atoms with Crippen molar-refractivity contribution < 1.29 is 47.2 Å². The van der Waals surface area contributed by atoms with E-state index < -0.39 is 30.0 Å². The van der Waals surface area contributed by atoms with Gasteiger partial charge in [-0.15, -0.1) is 6.42 Å². The lowest BCUT2D eigenvalue weighted by Gasteiger charge is -2.17. The van der Waals surface area contributed by atoms with Crippen LogP contribution in [0.4, 0.5) is 4.39 Å². The van der Waals surface area contributed by atoms with Crippen molar-refractivity contribution >= 4 is 52.0 Å². The third-order valence-corrected chi connectivity index (χ3v) is 7.49. The van der Waals surface area contributed by atoms with Gasteiger partial charge in [-0.3, -0.25) is 4.98 Å². The third kappa shape index (κ3) is 13.5. The number of halogens is 3. The number of fused-ring (bicyclic) bond motifs is 1. The van der Waals surface area contributed by atoms with E-state index in [2.05, 4.69) is 27.5 Å². The van der Waals surface area contributed by atoms with Crippen molar-refractivity contribution in [1.82, 2.24) is 9.97 Å². The molecule has 52 heavy (non-hydrogen) atoms. The zero-order chi connectivity index (χ0) is 38.0. The quantitative estimate of drug-likeness (QED) is 0.0473. The van der Waals surface area contributed by atoms with Gasteiger partial charge in [0.2, 0.25) is 0 Å². The Hall–Kier alpha value is -5.12. The molecule has 2 heterocycles. The van der Waals surface area contributed by atoms with Crippen molar-refractivity contribution in [2.45, 2.75) is 71.7 Å². The van der Waals surface area contributed by atoms with E-state index in [0.29, 0.717) is 27.8 Å². The summed E-state index contributed by atoms with van der Waals surface area (Å²) in [5.41, 5.74) is 0.642. The van der Waals surface area contributed by atoms with Gasteiger partial charge < -0.3 is 28.4 Å². The number of terminal acetylenes is 1. The molecule has 4 rings (SSSR count). The molecule has 0 spiro atoms. The smallest absolute Gasteiger partial charge is 0.348 e. The largest absolute Gasteiger partial charge is 0.480 e. The van der Waals surface area contributed by atoms with E-state index in [1.54, 1.807) is 18.3 Å². The maximum atomic E-state index is 13.7. The second-order valence-corrected chi connectivity index (χ2v) is 12.0. The summed E-state index contributed by atoms with van der Waals surface area (Å²) in [6, 6.07) is 14.2. The first-order valence-corrected chi connectivity index (χ1v) is 17.1. The van der Waals surface area contributed by atoms with Crippen LogP contribution < -0.4 is 14.2 Å². The molecule has 0 bridgehead atoms. The normalized spacial score (nSPS) is 12.2. The maximum Gasteiger partial charge on any atom is 0.348 e. The van der Waals surface area contributed by atoms with Crippen LogP contribution in [0.2, 0.25) is 10.0 Å². The second-order valence-electron chi connectivity index (χ2n) is 11.2. The fraction of sp³-hybridized carbons (Fsp3) is 0.342. The summed E-state index contributed by atoms with van der Waals surface area (Å²) in [5, 5.41) is 1.55. The molecule has 0 aliphatic heterocycles. The summed E-state index contributed by atoms with van der Waals surface area (Å²) < 4.78 is 45.1. The van der Waals surface area contributed by atoms with Crippen molar-refractivity contribution in [1.29, 1.82) is 0 Å². The molecular formula is C38H39Cl2FN2O9. The monoisotopic (exact) mass is 756 g/mol. The van der Waals surface area contributed by atoms with E-state index in [0.717, 1.165) is 37.1 Å². The minimum atomic E-state index is -1.13. The van der Waals surface area contributed by atoms with Gasteiger partial charge in [-0.05, 0) is 88.2 Å². The van der Waals surface area contributed by atoms with Crippen LogP contribution in [0.1, 0.15) is 53.4 Å². The summed E-state index contributed by atoms with van der Waals surface area (Å²) in [7, 11) is 0. The van der Waals surface area contributed by atoms with Crippen molar-refractivity contribution in [2.75, 3.05) is 13.2 Å². The van der Waals surface area contributed by atoms with E-state index in [1.807, 2.05) is 19.1 Å². The first-order valence-electron chi connectivity index (χ1n) is 16.3. The highest BCUT2D eigenvalue weighted by Crippen LogP contribution is 2.30. The Kier molecular flexibility index (Phi) is 16.9. The van der Waals surface area contributed by atoms with Gasteiger partial charge in [-0.2, -0.15) is 0 Å². The van der Waals surface area contributed by atoms with Gasteiger partial charge in [-0.25, -0.2) is 23.8 Å². The van der Waals surface area contributed by atoms with Crippen LogP contribution in [0.25, 0.3) is 10.9 Å². The fourth-order valence-corrected chi connectivity index (χ4v) is 4.70. The highest BCUT2D eigenvalue weighted by molar-refractivity contribution is 6.35. The Morgan fingerprint density at radius 1 is 0.923 bits per heavy atom. The summed E-state index contributed by atoms with van der Waals surface area (Å²) in [4.78, 5) is 43.5. The zero-order valence-electron chi connectivity index (χ0n) is 29.1. The summed E-state index contributed by atoms with van der Waals surface area (Å²) in [5.74, 6) is 0.471. The Balaban J connectivity index is 0.000000288. The average Bonchev–Trinajstić information content (AvgIpc) is 3.12. The number of unbranched alkanes of at least 4 members (excludes halogenated alkanes) is 2. The Labute approximate surface area is 311 Å². The second kappa shape index (κ2) is 21.3. The number of benzene rings is 2. The molecule has 0 saturated carbocycles. The number of pyridine rings is 2. The van der Waals surface area contributed by atoms with Gasteiger partial charge in [0.15, 0.2) is 31.2 Å². The highest BCUT2D eigenvalue weighted by Gasteiger charge is 2.24. The van der Waals surface area contributed by atoms with Crippen molar-refractivity contribution in [2.24, 2.45) is 0 Å². The summed E-state index contributed by atoms with van der Waals surface area (Å²) >= 11 is 11.8. The van der Waals surface area contributed by atoms with Crippen LogP contribution in [0.15, 0.2) is 67.0 Å². The number of aromatic nitrogens is 2. The number of hydrogen-bond acceptors (Lipinski definition) is 11. The van der Waals surface area contributed by atoms with Crippen LogP contribution >= 0.6 is 23.2 Å². The molecule has 0 amide bonds. The van der Waals surface area contributed by atoms with E-state index >= 15 is 0 Å². The van der Waals surface area contributed by atoms with E-state index in [-0.39, 0.29) is 36.2 Å². The summed E-state index contributed by atoms with van der Waals surface area (Å²) in [6.07, 6.45) is 9.96. The molecule has 0 aliphatic rings. The van der Waals surface area contributed by atoms with Gasteiger partial charge in [0.25, 0.3) is 5.88 Å². The molecule has 3 atom stereocenters. The predicted molar refractivity (Wildman–Crippen MR) is 193 cm³/mol. The van der Waals surface area contributed by atoms with Crippen LogP contribution in [0.3, 0.4) is 0 Å². The number of esters is 3. The predicted octanol–water partition coefficient (Wildman–Crippen LogP) is 8.32. The van der Waals surface area contributed by atoms with E-state index in [1.165, 1.54) is 44.3 Å². The molecule has 1 unspecified atom stereocenters. The average molecular weight is 758 g/mol. The third-order valence-electron chi connectivity index (χ3n) is 6.95. The topological polar surface area (TPSA) is 132 Å². The van der Waals surface area contributed by atoms with Crippen molar-refractivity contribution in [3.05, 3.63) is 82.9 Å². The fourth-order valence-electron chi connectivity index (χ4n) is 4.34. The molecular weight excluding hydrogens is 718 g/mol. The van der Waals surface area contributed by atoms with Gasteiger partial charge in [0.05, 0.1) is 16.1 Å². The zero-order valence-corrected chi connectivity index (χ0v) is 30.6. The molecule has 11 nitrogen and oxygen atoms in total. The Morgan fingerprint density at radius 3 is 2.35 bits per heavy atom. The van der Waals surface area contributed by atoms with Gasteiger partial charge in [-0.1, -0.05) is 48.9 Å². The molecule has 0 radical (unpaired) electrons. The number of ether oxygens (including phenoxy) is 6. The number of hydrogen-bond donors (Lipinski definition) is 0. The van der Waals surface area contributed by atoms with Crippen LogP contribution in [-0.4, -0.2) is 59.4 Å². The number of carbonyl (C=O) groups excluding carboxylic acids is 3. The molecule has 276 valence electrons. The maximum absolute atomic E-state index is 13.7. The molecule has 0 N–H and O–H groups in total. The first kappa shape index (κ1) is 41.3. The van der Waals surface area contributed by atoms with Gasteiger partial charge in [0.1, 0.15) is 22.8 Å². The van der Waals surface area contributed by atoms with Gasteiger partial charge >= 0.3 is 17.9 Å². The van der Waals surface area contributed by atoms with E-state index in [9.17, 15) is 18.8 Å². The highest BCUT2D eigenvalue weighted by atomic mass is 35.5. The molecule has 0 aliphatic carbocycles. The first-order chi connectivity index (χ1) is 24.9. The molecule has 0 saturated heterocycles. The van der Waals surface area contributed by atoms with Crippen LogP contribution in [-0.2, 0) is 28.6 Å². The minimum Gasteiger partial charge on any atom is -0.480 e. The molecule has 14 heteroatoms. The number of rotatable bonds is 16. The number of carbonyl (C=O) groups is 3. The molecule has 0 fully saturated rings. The lowest BCUT2D eigenvalue weighted by atomic mass is 10.1. The SMILES string of the molecule is C#CCOC(=O)[C@@H](C)OC(=O)[C@@H](C)Oc1ccc(Oc2ncc(Cl)cc2F)cc1.CCCCCC(C)OC(=O)COc1ccc(Cl)c2cccnc12. The molecule has 4 aromatic rings. The minimum absolute atomic E-state index is 0.0854. The standard InChI is InChI=1S/C20H17ClFNO6.C18H22ClNO3/c1-4-9-26-19(24)12(2)28-20(25)13(3)27-15-5-7-16(8-6-15)29-18-17(22)10-14(21)11-23-18;1-3-4-5-7-13(2)23-17(21)12-22-16-10-9-15(19)14-8-6-11-20-18(14)16/h1,5-8,10-13H,9H2,2-3H3;6,8-11,13H,3-5,7,12H2,1-2H3/t12-,13-;/m1./s1. The van der Waals surface area contributed by atoms with Crippen LogP contribution in [0, 0.1) is 18.2 Å². The summed E-state index contributed by atoms with van der Waals surface area (Å²) in [6.45, 7) is 6.53. The number of nitrogens with zero attached hydrogens (tertiary/aromatic N) is 2. The van der Waals surface area contributed by atoms with Crippen LogP contribution in [0.5, 0.6) is 23.1 Å². The van der Waals surface area contributed by atoms with Crippen molar-refractivity contribution in [3.63, 3.8) is 0 Å². The van der Waals surface area contributed by atoms with Gasteiger partial charge in [0, 0.05) is 17.8 Å².